The molecule has 0 aliphatic carbocycles. The molecule has 1 aliphatic heterocycles. The summed E-state index contributed by atoms with van der Waals surface area (Å²) in [5.41, 5.74) is 0. The van der Waals surface area contributed by atoms with Gasteiger partial charge in [-0.2, -0.15) is 9.40 Å². The highest BCUT2D eigenvalue weighted by molar-refractivity contribution is 9.10. The van der Waals surface area contributed by atoms with Crippen LogP contribution in [-0.4, -0.2) is 35.1 Å². The van der Waals surface area contributed by atoms with Crippen molar-refractivity contribution >= 4 is 26.0 Å². The second-order valence-corrected chi connectivity index (χ2v) is 7.39. The fraction of sp³-hybridized carbons (Fsp3) is 0.727. The summed E-state index contributed by atoms with van der Waals surface area (Å²) in [4.78, 5) is 0.262. The van der Waals surface area contributed by atoms with Crippen LogP contribution in [0.1, 0.15) is 26.7 Å². The van der Waals surface area contributed by atoms with Gasteiger partial charge >= 0.3 is 0 Å². The molecule has 0 saturated carbocycles. The van der Waals surface area contributed by atoms with Crippen LogP contribution in [0, 0.1) is 5.92 Å². The standard InChI is InChI=1S/C11H18BrN3O2S/c1-4-9-8(2)5-6-15(9)18(16,17)10-7-13-14(3)11(10)12/h7-9H,4-6H2,1-3H3/t8-,9-/m0/s1. The molecule has 5 nitrogen and oxygen atoms in total. The van der Waals surface area contributed by atoms with Crippen LogP contribution in [0.25, 0.3) is 0 Å². The Bertz CT molecular complexity index is 540. The molecule has 1 fully saturated rings. The molecule has 0 radical (unpaired) electrons. The average molecular weight is 336 g/mol. The van der Waals surface area contributed by atoms with E-state index in [2.05, 4.69) is 28.0 Å². The van der Waals surface area contributed by atoms with E-state index in [1.54, 1.807) is 11.4 Å². The van der Waals surface area contributed by atoms with Crippen LogP contribution in [0.15, 0.2) is 15.7 Å². The van der Waals surface area contributed by atoms with Crippen molar-refractivity contribution in [2.45, 2.75) is 37.6 Å². The summed E-state index contributed by atoms with van der Waals surface area (Å²) in [5.74, 6) is 0.417. The van der Waals surface area contributed by atoms with Crippen molar-refractivity contribution in [3.63, 3.8) is 0 Å². The first-order chi connectivity index (χ1) is 8.39. The summed E-state index contributed by atoms with van der Waals surface area (Å²) >= 11 is 3.28. The van der Waals surface area contributed by atoms with Crippen LogP contribution in [0.3, 0.4) is 0 Å². The van der Waals surface area contributed by atoms with Gasteiger partial charge in [0, 0.05) is 19.6 Å². The van der Waals surface area contributed by atoms with Crippen molar-refractivity contribution in [3.05, 3.63) is 10.8 Å². The van der Waals surface area contributed by atoms with Gasteiger partial charge in [-0.1, -0.05) is 13.8 Å². The zero-order valence-corrected chi connectivity index (χ0v) is 13.2. The number of sulfonamides is 1. The highest BCUT2D eigenvalue weighted by atomic mass is 79.9. The third-order valence-corrected chi connectivity index (χ3v) is 6.80. The van der Waals surface area contributed by atoms with Crippen molar-refractivity contribution in [3.8, 4) is 0 Å². The Morgan fingerprint density at radius 3 is 2.72 bits per heavy atom. The van der Waals surface area contributed by atoms with E-state index in [4.69, 9.17) is 0 Å². The summed E-state index contributed by atoms with van der Waals surface area (Å²) in [6, 6.07) is 0.0992. The molecule has 0 amide bonds. The maximum absolute atomic E-state index is 12.6. The Labute approximate surface area is 116 Å². The van der Waals surface area contributed by atoms with Crippen molar-refractivity contribution in [2.24, 2.45) is 13.0 Å². The largest absolute Gasteiger partial charge is 0.260 e. The number of hydrogen-bond donors (Lipinski definition) is 0. The number of aryl methyl sites for hydroxylation is 1. The zero-order chi connectivity index (χ0) is 13.5. The average Bonchev–Trinajstić information content (AvgIpc) is 2.84. The first-order valence-electron chi connectivity index (χ1n) is 6.09. The van der Waals surface area contributed by atoms with Gasteiger partial charge in [-0.05, 0) is 34.7 Å². The van der Waals surface area contributed by atoms with Crippen molar-refractivity contribution in [2.75, 3.05) is 6.54 Å². The fourth-order valence-corrected chi connectivity index (χ4v) is 5.22. The van der Waals surface area contributed by atoms with E-state index in [1.807, 2.05) is 6.92 Å². The van der Waals surface area contributed by atoms with E-state index in [0.717, 1.165) is 12.8 Å². The lowest BCUT2D eigenvalue weighted by molar-refractivity contribution is 0.339. The second-order valence-electron chi connectivity index (χ2n) is 4.78. The van der Waals surface area contributed by atoms with E-state index in [9.17, 15) is 8.42 Å². The minimum Gasteiger partial charge on any atom is -0.260 e. The molecule has 102 valence electrons. The minimum absolute atomic E-state index is 0.0992. The van der Waals surface area contributed by atoms with Crippen LogP contribution in [0.5, 0.6) is 0 Å². The minimum atomic E-state index is -3.44. The number of nitrogens with zero attached hydrogens (tertiary/aromatic N) is 3. The monoisotopic (exact) mass is 335 g/mol. The van der Waals surface area contributed by atoms with Gasteiger partial charge in [-0.25, -0.2) is 8.42 Å². The van der Waals surface area contributed by atoms with Crippen LogP contribution >= 0.6 is 15.9 Å². The Morgan fingerprint density at radius 1 is 1.56 bits per heavy atom. The number of rotatable bonds is 3. The van der Waals surface area contributed by atoms with E-state index in [0.29, 0.717) is 17.1 Å². The maximum atomic E-state index is 12.6. The van der Waals surface area contributed by atoms with E-state index < -0.39 is 10.0 Å². The van der Waals surface area contributed by atoms with Crippen molar-refractivity contribution < 1.29 is 8.42 Å². The van der Waals surface area contributed by atoms with Gasteiger partial charge < -0.3 is 0 Å². The van der Waals surface area contributed by atoms with E-state index in [-0.39, 0.29) is 10.9 Å². The lowest BCUT2D eigenvalue weighted by Crippen LogP contribution is -2.37. The zero-order valence-electron chi connectivity index (χ0n) is 10.8. The second kappa shape index (κ2) is 4.94. The van der Waals surface area contributed by atoms with Crippen molar-refractivity contribution in [1.29, 1.82) is 0 Å². The van der Waals surface area contributed by atoms with Crippen LogP contribution in [0.2, 0.25) is 0 Å². The van der Waals surface area contributed by atoms with Crippen LogP contribution < -0.4 is 0 Å². The molecule has 1 aromatic heterocycles. The van der Waals surface area contributed by atoms with Gasteiger partial charge in [0.1, 0.15) is 9.50 Å². The molecule has 0 aromatic carbocycles. The SMILES string of the molecule is CC[C@H]1[C@@H](C)CCN1S(=O)(=O)c1cnn(C)c1Br. The first kappa shape index (κ1) is 14.0. The molecule has 2 heterocycles. The summed E-state index contributed by atoms with van der Waals surface area (Å²) in [6.45, 7) is 4.75. The molecule has 1 saturated heterocycles. The highest BCUT2D eigenvalue weighted by Gasteiger charge is 2.39. The number of halogens is 1. The Balaban J connectivity index is 2.41. The van der Waals surface area contributed by atoms with Gasteiger partial charge in [-0.3, -0.25) is 4.68 Å². The van der Waals surface area contributed by atoms with Gasteiger partial charge in [0.25, 0.3) is 0 Å². The quantitative estimate of drug-likeness (QED) is 0.848. The van der Waals surface area contributed by atoms with E-state index >= 15 is 0 Å². The fourth-order valence-electron chi connectivity index (χ4n) is 2.58. The normalized spacial score (nSPS) is 25.8. The molecule has 0 bridgehead atoms. The Hall–Kier alpha value is -0.400. The van der Waals surface area contributed by atoms with Gasteiger partial charge in [0.2, 0.25) is 10.0 Å². The van der Waals surface area contributed by atoms with Gasteiger partial charge in [0.05, 0.1) is 6.20 Å². The highest BCUT2D eigenvalue weighted by Crippen LogP contribution is 2.33. The molecular weight excluding hydrogens is 318 g/mol. The van der Waals surface area contributed by atoms with Crippen molar-refractivity contribution in [1.82, 2.24) is 14.1 Å². The topological polar surface area (TPSA) is 55.2 Å². The molecule has 7 heteroatoms. The molecule has 0 spiro atoms. The molecule has 1 aromatic rings. The predicted molar refractivity (Wildman–Crippen MR) is 72.7 cm³/mol. The third-order valence-electron chi connectivity index (χ3n) is 3.67. The maximum Gasteiger partial charge on any atom is 0.247 e. The molecule has 0 unspecified atom stereocenters. The lowest BCUT2D eigenvalue weighted by atomic mass is 10.0. The molecule has 2 rings (SSSR count). The molecule has 18 heavy (non-hydrogen) atoms. The molecule has 1 aliphatic rings. The third kappa shape index (κ3) is 2.12. The van der Waals surface area contributed by atoms with Gasteiger partial charge in [0.15, 0.2) is 0 Å². The van der Waals surface area contributed by atoms with Crippen LogP contribution in [-0.2, 0) is 17.1 Å². The number of hydrogen-bond acceptors (Lipinski definition) is 3. The molecule has 2 atom stereocenters. The summed E-state index contributed by atoms with van der Waals surface area (Å²) < 4.78 is 28.9. The number of aromatic nitrogens is 2. The van der Waals surface area contributed by atoms with E-state index in [1.165, 1.54) is 10.9 Å². The first-order valence-corrected chi connectivity index (χ1v) is 8.32. The summed E-state index contributed by atoms with van der Waals surface area (Å²) in [7, 11) is -1.72. The summed E-state index contributed by atoms with van der Waals surface area (Å²) in [5, 5.41) is 3.99. The smallest absolute Gasteiger partial charge is 0.247 e. The van der Waals surface area contributed by atoms with Crippen LogP contribution in [0.4, 0.5) is 0 Å². The predicted octanol–water partition coefficient (Wildman–Crippen LogP) is 1.99. The summed E-state index contributed by atoms with van der Waals surface area (Å²) in [6.07, 6.45) is 3.18. The lowest BCUT2D eigenvalue weighted by Gasteiger charge is -2.24. The Kier molecular flexibility index (Phi) is 3.85. The Morgan fingerprint density at radius 2 is 2.22 bits per heavy atom. The molecule has 0 N–H and O–H groups in total. The van der Waals surface area contributed by atoms with Gasteiger partial charge in [-0.15, -0.1) is 0 Å². The molecular formula is C11H18BrN3O2S.